The third-order valence-electron chi connectivity index (χ3n) is 1.98. The molecule has 2 nitrogen and oxygen atoms in total. The van der Waals surface area contributed by atoms with Crippen LogP contribution in [-0.4, -0.2) is 4.98 Å². The molecule has 78 valence electrons. The second-order valence-electron chi connectivity index (χ2n) is 3.22. The van der Waals surface area contributed by atoms with E-state index in [4.69, 9.17) is 5.73 Å². The summed E-state index contributed by atoms with van der Waals surface area (Å²) in [7, 11) is 0. The van der Waals surface area contributed by atoms with Crippen molar-refractivity contribution in [2.45, 2.75) is 22.2 Å². The van der Waals surface area contributed by atoms with Gasteiger partial charge in [0.15, 0.2) is 0 Å². The van der Waals surface area contributed by atoms with Gasteiger partial charge in [-0.1, -0.05) is 23.9 Å². The Morgan fingerprint density at radius 1 is 1.40 bits per heavy atom. The Kier molecular flexibility index (Phi) is 3.41. The van der Waals surface area contributed by atoms with E-state index < -0.39 is 0 Å². The number of nitrogens with zero attached hydrogens (tertiary/aromatic N) is 1. The number of nitrogens with two attached hydrogens (primary N) is 1. The molecule has 2 heterocycles. The molecule has 0 aliphatic carbocycles. The van der Waals surface area contributed by atoms with Gasteiger partial charge in [-0.25, -0.2) is 4.98 Å². The van der Waals surface area contributed by atoms with Gasteiger partial charge in [-0.15, -0.1) is 11.3 Å². The summed E-state index contributed by atoms with van der Waals surface area (Å²) in [6.45, 7) is 1.98. The van der Waals surface area contributed by atoms with Crippen LogP contribution in [0.1, 0.15) is 18.5 Å². The van der Waals surface area contributed by atoms with E-state index in [-0.39, 0.29) is 6.04 Å². The fraction of sp³-hybridized carbons (Fsp3) is 0.182. The Bertz CT molecular complexity index is 424. The molecule has 0 spiro atoms. The predicted octanol–water partition coefficient (Wildman–Crippen LogP) is 3.31. The van der Waals surface area contributed by atoms with E-state index in [1.54, 1.807) is 23.1 Å². The summed E-state index contributed by atoms with van der Waals surface area (Å²) in [6, 6.07) is 8.13. The molecule has 0 bridgehead atoms. The molecule has 0 saturated carbocycles. The van der Waals surface area contributed by atoms with Crippen LogP contribution in [0.2, 0.25) is 0 Å². The molecule has 4 heteroatoms. The van der Waals surface area contributed by atoms with Gasteiger partial charge in [0.25, 0.3) is 0 Å². The minimum atomic E-state index is 0.0289. The lowest BCUT2D eigenvalue weighted by molar-refractivity contribution is 0.780. The van der Waals surface area contributed by atoms with Crippen molar-refractivity contribution >= 4 is 23.1 Å². The monoisotopic (exact) mass is 236 g/mol. The molecule has 1 unspecified atom stereocenters. The van der Waals surface area contributed by atoms with Crippen LogP contribution in [0.25, 0.3) is 0 Å². The number of hydrogen-bond donors (Lipinski definition) is 1. The second kappa shape index (κ2) is 4.79. The van der Waals surface area contributed by atoms with Crippen LogP contribution in [0.5, 0.6) is 0 Å². The van der Waals surface area contributed by atoms with Gasteiger partial charge in [0.1, 0.15) is 5.03 Å². The maximum Gasteiger partial charge on any atom is 0.106 e. The molecule has 2 aromatic rings. The first-order valence-corrected chi connectivity index (χ1v) is 6.39. The zero-order valence-corrected chi connectivity index (χ0v) is 10.0. The van der Waals surface area contributed by atoms with E-state index in [9.17, 15) is 0 Å². The van der Waals surface area contributed by atoms with E-state index in [0.29, 0.717) is 0 Å². The van der Waals surface area contributed by atoms with Crippen molar-refractivity contribution in [1.82, 2.24) is 4.98 Å². The molecule has 1 atom stereocenters. The summed E-state index contributed by atoms with van der Waals surface area (Å²) in [5.74, 6) is 0. The zero-order chi connectivity index (χ0) is 10.7. The lowest BCUT2D eigenvalue weighted by Crippen LogP contribution is -2.06. The summed E-state index contributed by atoms with van der Waals surface area (Å²) in [5, 5.41) is 3.08. The van der Waals surface area contributed by atoms with Crippen LogP contribution in [0.3, 0.4) is 0 Å². The van der Waals surface area contributed by atoms with Crippen LogP contribution in [0.4, 0.5) is 0 Å². The summed E-state index contributed by atoms with van der Waals surface area (Å²) >= 11 is 3.40. The van der Waals surface area contributed by atoms with Gasteiger partial charge in [0, 0.05) is 17.8 Å². The summed E-state index contributed by atoms with van der Waals surface area (Å²) in [6.07, 6.45) is 1.81. The Hall–Kier alpha value is -0.840. The van der Waals surface area contributed by atoms with Crippen molar-refractivity contribution in [2.75, 3.05) is 0 Å². The van der Waals surface area contributed by atoms with Gasteiger partial charge >= 0.3 is 0 Å². The fourth-order valence-corrected chi connectivity index (χ4v) is 3.12. The SMILES string of the molecule is CC(N)c1cccnc1Sc1cccs1. The minimum absolute atomic E-state index is 0.0289. The molecule has 0 saturated heterocycles. The Labute approximate surface area is 97.5 Å². The number of aromatic nitrogens is 1. The summed E-state index contributed by atoms with van der Waals surface area (Å²) < 4.78 is 1.25. The van der Waals surface area contributed by atoms with Crippen molar-refractivity contribution in [3.63, 3.8) is 0 Å². The molecule has 2 aromatic heterocycles. The second-order valence-corrected chi connectivity index (χ2v) is 5.46. The van der Waals surface area contributed by atoms with E-state index in [2.05, 4.69) is 16.4 Å². The van der Waals surface area contributed by atoms with Crippen molar-refractivity contribution in [2.24, 2.45) is 5.73 Å². The highest BCUT2D eigenvalue weighted by molar-refractivity contribution is 8.01. The summed E-state index contributed by atoms with van der Waals surface area (Å²) in [4.78, 5) is 4.36. The van der Waals surface area contributed by atoms with E-state index in [1.807, 2.05) is 31.3 Å². The molecule has 2 rings (SSSR count). The first-order chi connectivity index (χ1) is 7.27. The topological polar surface area (TPSA) is 38.9 Å². The fourth-order valence-electron chi connectivity index (χ4n) is 1.25. The maximum absolute atomic E-state index is 5.89. The largest absolute Gasteiger partial charge is 0.324 e. The lowest BCUT2D eigenvalue weighted by Gasteiger charge is -2.09. The van der Waals surface area contributed by atoms with Crippen LogP contribution >= 0.6 is 23.1 Å². The lowest BCUT2D eigenvalue weighted by atomic mass is 10.2. The van der Waals surface area contributed by atoms with Crippen molar-refractivity contribution in [3.8, 4) is 0 Å². The molecular weight excluding hydrogens is 224 g/mol. The van der Waals surface area contributed by atoms with Crippen molar-refractivity contribution in [1.29, 1.82) is 0 Å². The molecule has 0 fully saturated rings. The van der Waals surface area contributed by atoms with Gasteiger partial charge in [0.05, 0.1) is 4.21 Å². The molecule has 0 aromatic carbocycles. The highest BCUT2D eigenvalue weighted by Gasteiger charge is 2.09. The van der Waals surface area contributed by atoms with Crippen LogP contribution < -0.4 is 5.73 Å². The third-order valence-corrected chi connectivity index (χ3v) is 4.06. The zero-order valence-electron chi connectivity index (χ0n) is 8.38. The number of thiophene rings is 1. The normalized spacial score (nSPS) is 12.7. The summed E-state index contributed by atoms with van der Waals surface area (Å²) in [5.41, 5.74) is 7.00. The molecule has 0 aliphatic rings. The maximum atomic E-state index is 5.89. The van der Waals surface area contributed by atoms with Gasteiger partial charge in [-0.3, -0.25) is 0 Å². The van der Waals surface area contributed by atoms with Crippen molar-refractivity contribution < 1.29 is 0 Å². The Morgan fingerprint density at radius 3 is 2.93 bits per heavy atom. The average molecular weight is 236 g/mol. The van der Waals surface area contributed by atoms with E-state index >= 15 is 0 Å². The van der Waals surface area contributed by atoms with E-state index in [1.165, 1.54) is 4.21 Å². The smallest absolute Gasteiger partial charge is 0.106 e. The third kappa shape index (κ3) is 2.59. The van der Waals surface area contributed by atoms with Gasteiger partial charge in [-0.2, -0.15) is 0 Å². The van der Waals surface area contributed by atoms with E-state index in [0.717, 1.165) is 10.6 Å². The van der Waals surface area contributed by atoms with Gasteiger partial charge < -0.3 is 5.73 Å². The molecule has 15 heavy (non-hydrogen) atoms. The molecule has 0 radical (unpaired) electrons. The van der Waals surface area contributed by atoms with Gasteiger partial charge in [0.2, 0.25) is 0 Å². The standard InChI is InChI=1S/C11H12N2S2/c1-8(12)9-4-2-6-13-11(9)15-10-5-3-7-14-10/h2-8H,12H2,1H3. The minimum Gasteiger partial charge on any atom is -0.324 e. The van der Waals surface area contributed by atoms with Crippen LogP contribution in [0.15, 0.2) is 45.1 Å². The first kappa shape index (κ1) is 10.7. The molecule has 0 aliphatic heterocycles. The number of pyridine rings is 1. The first-order valence-electron chi connectivity index (χ1n) is 4.69. The van der Waals surface area contributed by atoms with Gasteiger partial charge in [-0.05, 0) is 24.4 Å². The Balaban J connectivity index is 2.28. The van der Waals surface area contributed by atoms with Crippen LogP contribution in [-0.2, 0) is 0 Å². The highest BCUT2D eigenvalue weighted by atomic mass is 32.2. The molecule has 2 N–H and O–H groups in total. The number of rotatable bonds is 3. The van der Waals surface area contributed by atoms with Crippen molar-refractivity contribution in [3.05, 3.63) is 41.4 Å². The highest BCUT2D eigenvalue weighted by Crippen LogP contribution is 2.33. The number of hydrogen-bond acceptors (Lipinski definition) is 4. The Morgan fingerprint density at radius 2 is 2.27 bits per heavy atom. The predicted molar refractivity (Wildman–Crippen MR) is 65.3 cm³/mol. The average Bonchev–Trinajstić information content (AvgIpc) is 2.71. The quantitative estimate of drug-likeness (QED) is 0.888. The molecular formula is C11H12N2S2. The van der Waals surface area contributed by atoms with Crippen LogP contribution in [0, 0.1) is 0 Å². The molecule has 0 amide bonds.